The van der Waals surface area contributed by atoms with E-state index in [2.05, 4.69) is 6.58 Å². The maximum Gasteiger partial charge on any atom is 0.337 e. The molecule has 0 amide bonds. The number of carbonyl (C=O) groups is 3. The van der Waals surface area contributed by atoms with E-state index in [1.165, 1.54) is 14.2 Å². The van der Waals surface area contributed by atoms with Crippen LogP contribution in [0.25, 0.3) is 0 Å². The molecule has 0 saturated carbocycles. The van der Waals surface area contributed by atoms with Gasteiger partial charge in [-0.1, -0.05) is 30.8 Å². The summed E-state index contributed by atoms with van der Waals surface area (Å²) in [6, 6.07) is 19.0. The van der Waals surface area contributed by atoms with Gasteiger partial charge in [0.1, 0.15) is 31.3 Å². The van der Waals surface area contributed by atoms with Crippen molar-refractivity contribution in [2.24, 2.45) is 0 Å². The Labute approximate surface area is 215 Å². The van der Waals surface area contributed by atoms with Crippen molar-refractivity contribution in [3.8, 4) is 11.5 Å². The van der Waals surface area contributed by atoms with Gasteiger partial charge in [0.15, 0.2) is 0 Å². The van der Waals surface area contributed by atoms with Crippen molar-refractivity contribution in [2.45, 2.75) is 26.7 Å². The molecule has 0 N–H and O–H groups in total. The van der Waals surface area contributed by atoms with Crippen molar-refractivity contribution in [1.82, 2.24) is 0 Å². The van der Waals surface area contributed by atoms with Crippen molar-refractivity contribution in [3.05, 3.63) is 107 Å². The summed E-state index contributed by atoms with van der Waals surface area (Å²) in [7, 11) is 2.66. The summed E-state index contributed by atoms with van der Waals surface area (Å²) in [6.07, 6.45) is 0. The van der Waals surface area contributed by atoms with Crippen LogP contribution in [-0.2, 0) is 38.8 Å². The number of hydrogen-bond acceptors (Lipinski definition) is 8. The maximum absolute atomic E-state index is 11.9. The monoisotopic (exact) mass is 504 g/mol. The summed E-state index contributed by atoms with van der Waals surface area (Å²) in [5.41, 5.74) is 3.56. The first-order chi connectivity index (χ1) is 17.8. The predicted molar refractivity (Wildman–Crippen MR) is 135 cm³/mol. The van der Waals surface area contributed by atoms with E-state index in [1.54, 1.807) is 73.7 Å². The Hall–Kier alpha value is -4.59. The van der Waals surface area contributed by atoms with Crippen LogP contribution in [0, 0.1) is 0 Å². The van der Waals surface area contributed by atoms with E-state index in [-0.39, 0.29) is 19.8 Å². The second kappa shape index (κ2) is 12.9. The number of hydrogen-bond donors (Lipinski definition) is 0. The average molecular weight is 505 g/mol. The third-order valence-corrected chi connectivity index (χ3v) is 5.22. The Bertz CT molecular complexity index is 1180. The number of rotatable bonds is 11. The van der Waals surface area contributed by atoms with Crippen molar-refractivity contribution in [2.75, 3.05) is 14.2 Å². The highest BCUT2D eigenvalue weighted by Crippen LogP contribution is 2.26. The first-order valence-corrected chi connectivity index (χ1v) is 11.4. The molecule has 0 saturated heterocycles. The molecular formula is C29H28O8. The average Bonchev–Trinajstić information content (AvgIpc) is 2.93. The minimum atomic E-state index is -0.495. The molecule has 0 bridgehead atoms. The minimum Gasteiger partial charge on any atom is -0.489 e. The van der Waals surface area contributed by atoms with Gasteiger partial charge in [-0.05, 0) is 60.0 Å². The quantitative estimate of drug-likeness (QED) is 0.204. The van der Waals surface area contributed by atoms with Crippen LogP contribution in [0.3, 0.4) is 0 Å². The number of methoxy groups -OCH3 is 2. The number of carbonyl (C=O) groups excluding carboxylic acids is 3. The standard InChI is InChI=1S/C29H28O8/c1-19(2)27(30)37-18-22-13-25(35-16-20-5-9-23(10-6-20)28(31)33-3)15-26(14-22)36-17-21-7-11-24(12-8-21)29(32)34-4/h5-15H,1,16-18H2,2-4H3. The summed E-state index contributed by atoms with van der Waals surface area (Å²) in [5.74, 6) is -0.295. The lowest BCUT2D eigenvalue weighted by molar-refractivity contribution is -0.140. The van der Waals surface area contributed by atoms with E-state index in [9.17, 15) is 14.4 Å². The van der Waals surface area contributed by atoms with Gasteiger partial charge in [0.25, 0.3) is 0 Å². The molecule has 0 fully saturated rings. The lowest BCUT2D eigenvalue weighted by atomic mass is 10.1. The second-order valence-electron chi connectivity index (χ2n) is 8.12. The van der Waals surface area contributed by atoms with Gasteiger partial charge < -0.3 is 23.7 Å². The Morgan fingerprint density at radius 3 is 1.46 bits per heavy atom. The molecule has 0 heterocycles. The van der Waals surface area contributed by atoms with Gasteiger partial charge >= 0.3 is 17.9 Å². The molecule has 0 aliphatic carbocycles. The van der Waals surface area contributed by atoms with Crippen LogP contribution in [0.4, 0.5) is 0 Å². The van der Waals surface area contributed by atoms with Gasteiger partial charge in [-0.15, -0.1) is 0 Å². The normalized spacial score (nSPS) is 10.2. The van der Waals surface area contributed by atoms with Crippen LogP contribution in [0.2, 0.25) is 0 Å². The highest BCUT2D eigenvalue weighted by molar-refractivity contribution is 5.89. The fourth-order valence-electron chi connectivity index (χ4n) is 3.20. The smallest absolute Gasteiger partial charge is 0.337 e. The summed E-state index contributed by atoms with van der Waals surface area (Å²) in [6.45, 7) is 5.67. The molecule has 192 valence electrons. The fourth-order valence-corrected chi connectivity index (χ4v) is 3.20. The van der Waals surface area contributed by atoms with E-state index in [0.29, 0.717) is 33.8 Å². The molecule has 3 aromatic carbocycles. The third-order valence-electron chi connectivity index (χ3n) is 5.22. The molecule has 0 atom stereocenters. The fraction of sp³-hybridized carbons (Fsp3) is 0.207. The highest BCUT2D eigenvalue weighted by Gasteiger charge is 2.10. The molecule has 0 unspecified atom stereocenters. The maximum atomic E-state index is 11.9. The molecule has 0 aliphatic heterocycles. The topological polar surface area (TPSA) is 97.4 Å². The third kappa shape index (κ3) is 7.96. The zero-order valence-corrected chi connectivity index (χ0v) is 20.9. The molecule has 8 nitrogen and oxygen atoms in total. The van der Waals surface area contributed by atoms with Crippen molar-refractivity contribution >= 4 is 17.9 Å². The first-order valence-electron chi connectivity index (χ1n) is 11.4. The van der Waals surface area contributed by atoms with Crippen LogP contribution in [0.5, 0.6) is 11.5 Å². The lowest BCUT2D eigenvalue weighted by Crippen LogP contribution is -2.06. The Balaban J connectivity index is 1.72. The van der Waals surface area contributed by atoms with Crippen LogP contribution >= 0.6 is 0 Å². The summed E-state index contributed by atoms with van der Waals surface area (Å²) >= 11 is 0. The largest absolute Gasteiger partial charge is 0.489 e. The van der Waals surface area contributed by atoms with E-state index in [0.717, 1.165) is 11.1 Å². The highest BCUT2D eigenvalue weighted by atomic mass is 16.5. The van der Waals surface area contributed by atoms with Crippen LogP contribution in [-0.4, -0.2) is 32.1 Å². The zero-order valence-electron chi connectivity index (χ0n) is 20.9. The molecule has 8 heteroatoms. The Morgan fingerprint density at radius 1 is 0.649 bits per heavy atom. The van der Waals surface area contributed by atoms with Crippen LogP contribution < -0.4 is 9.47 Å². The molecule has 3 aromatic rings. The predicted octanol–water partition coefficient (Wildman–Crippen LogP) is 5.04. The van der Waals surface area contributed by atoms with E-state index >= 15 is 0 Å². The van der Waals surface area contributed by atoms with Gasteiger partial charge in [0.2, 0.25) is 0 Å². The van der Waals surface area contributed by atoms with Crippen LogP contribution in [0.15, 0.2) is 78.9 Å². The summed E-state index contributed by atoms with van der Waals surface area (Å²) in [4.78, 5) is 35.1. The Kier molecular flexibility index (Phi) is 9.43. The Morgan fingerprint density at radius 2 is 1.08 bits per heavy atom. The van der Waals surface area contributed by atoms with E-state index in [1.807, 2.05) is 0 Å². The lowest BCUT2D eigenvalue weighted by Gasteiger charge is -2.13. The van der Waals surface area contributed by atoms with Gasteiger partial charge in [0.05, 0.1) is 25.3 Å². The van der Waals surface area contributed by atoms with Crippen LogP contribution in [0.1, 0.15) is 44.3 Å². The minimum absolute atomic E-state index is 0.0148. The molecule has 3 rings (SSSR count). The molecule has 37 heavy (non-hydrogen) atoms. The molecular weight excluding hydrogens is 476 g/mol. The van der Waals surface area contributed by atoms with Crippen molar-refractivity contribution in [1.29, 1.82) is 0 Å². The second-order valence-corrected chi connectivity index (χ2v) is 8.12. The van der Waals surface area contributed by atoms with E-state index in [4.69, 9.17) is 23.7 Å². The van der Waals surface area contributed by atoms with Gasteiger partial charge in [-0.25, -0.2) is 14.4 Å². The number of benzene rings is 3. The zero-order chi connectivity index (χ0) is 26.8. The SMILES string of the molecule is C=C(C)C(=O)OCc1cc(OCc2ccc(C(=O)OC)cc2)cc(OCc2ccc(C(=O)OC)cc2)c1. The van der Waals surface area contributed by atoms with Crippen molar-refractivity contribution < 1.29 is 38.1 Å². The molecule has 0 spiro atoms. The summed E-state index contributed by atoms with van der Waals surface area (Å²) < 4.78 is 26.6. The van der Waals surface area contributed by atoms with Gasteiger partial charge in [-0.3, -0.25) is 0 Å². The first kappa shape index (κ1) is 27.0. The molecule has 0 radical (unpaired) electrons. The number of esters is 3. The van der Waals surface area contributed by atoms with Gasteiger partial charge in [0, 0.05) is 11.6 Å². The summed E-state index contributed by atoms with van der Waals surface area (Å²) in [5, 5.41) is 0. The van der Waals surface area contributed by atoms with E-state index < -0.39 is 17.9 Å². The van der Waals surface area contributed by atoms with Crippen molar-refractivity contribution in [3.63, 3.8) is 0 Å². The molecule has 0 aromatic heterocycles. The van der Waals surface area contributed by atoms with Gasteiger partial charge in [-0.2, -0.15) is 0 Å². The molecule has 0 aliphatic rings. The number of ether oxygens (including phenoxy) is 5.